The Balaban J connectivity index is 1.49. The molecule has 3 fully saturated rings. The Labute approximate surface area is 196 Å². The highest BCUT2D eigenvalue weighted by molar-refractivity contribution is 7.89. The van der Waals surface area contributed by atoms with Gasteiger partial charge in [0, 0.05) is 24.8 Å². The number of anilines is 1. The number of aryl methyl sites for hydroxylation is 1. The van der Waals surface area contributed by atoms with Gasteiger partial charge in [0.25, 0.3) is 0 Å². The summed E-state index contributed by atoms with van der Waals surface area (Å²) in [4.78, 5) is 27.6. The number of amides is 1. The average molecular weight is 478 g/mol. The lowest BCUT2D eigenvalue weighted by Gasteiger charge is -2.32. The van der Waals surface area contributed by atoms with Gasteiger partial charge in [-0.1, -0.05) is 25.3 Å². The molecular formula is C24H35N3O5S. The Bertz CT molecular complexity index is 990. The minimum absolute atomic E-state index is 0.0868. The first kappa shape index (κ1) is 24.2. The molecule has 9 heteroatoms. The van der Waals surface area contributed by atoms with Crippen LogP contribution in [0, 0.1) is 12.8 Å². The standard InChI is InChI=1S/C24H35N3O5S/c1-17-10-11-19(33(30,31)26-12-6-3-7-13-26)15-20(17)25-23(28)16-27-21-9-5-4-8-18(21)14-22(27)24(29)32-2/h10-11,15,18,21-22H,3-9,12-14,16H2,1-2H3,(H,25,28). The number of esters is 1. The minimum atomic E-state index is -3.59. The molecule has 0 bridgehead atoms. The Morgan fingerprint density at radius 3 is 2.55 bits per heavy atom. The van der Waals surface area contributed by atoms with Crippen LogP contribution in [-0.2, 0) is 24.3 Å². The molecule has 33 heavy (non-hydrogen) atoms. The number of carbonyl (C=O) groups excluding carboxylic acids is 2. The van der Waals surface area contributed by atoms with Crippen molar-refractivity contribution in [3.8, 4) is 0 Å². The topological polar surface area (TPSA) is 96.0 Å². The molecule has 0 aromatic heterocycles. The highest BCUT2D eigenvalue weighted by Crippen LogP contribution is 2.40. The van der Waals surface area contributed by atoms with Gasteiger partial charge < -0.3 is 10.1 Å². The second-order valence-corrected chi connectivity index (χ2v) is 11.5. The number of benzene rings is 1. The van der Waals surface area contributed by atoms with Gasteiger partial charge in [0.05, 0.1) is 18.6 Å². The van der Waals surface area contributed by atoms with Crippen molar-refractivity contribution in [2.45, 2.75) is 75.3 Å². The van der Waals surface area contributed by atoms with E-state index in [2.05, 4.69) is 5.32 Å². The zero-order valence-corrected chi connectivity index (χ0v) is 20.4. The van der Waals surface area contributed by atoms with Crippen LogP contribution in [0.5, 0.6) is 0 Å². The second-order valence-electron chi connectivity index (χ2n) is 9.55. The molecule has 182 valence electrons. The molecule has 4 rings (SSSR count). The van der Waals surface area contributed by atoms with E-state index in [1.807, 2.05) is 11.8 Å². The molecule has 3 atom stereocenters. The number of carbonyl (C=O) groups is 2. The summed E-state index contributed by atoms with van der Waals surface area (Å²) in [5.74, 6) is -0.121. The number of likely N-dealkylation sites (tertiary alicyclic amines) is 1. The van der Waals surface area contributed by atoms with Crippen molar-refractivity contribution >= 4 is 27.6 Å². The zero-order chi connectivity index (χ0) is 23.6. The number of piperidine rings is 1. The van der Waals surface area contributed by atoms with Crippen molar-refractivity contribution < 1.29 is 22.7 Å². The first-order valence-corrected chi connectivity index (χ1v) is 13.5. The highest BCUT2D eigenvalue weighted by Gasteiger charge is 2.46. The summed E-state index contributed by atoms with van der Waals surface area (Å²) >= 11 is 0. The average Bonchev–Trinajstić information content (AvgIpc) is 3.18. The number of nitrogens with zero attached hydrogens (tertiary/aromatic N) is 2. The van der Waals surface area contributed by atoms with Crippen LogP contribution in [0.3, 0.4) is 0 Å². The zero-order valence-electron chi connectivity index (χ0n) is 19.6. The van der Waals surface area contributed by atoms with Crippen LogP contribution < -0.4 is 5.32 Å². The van der Waals surface area contributed by atoms with E-state index < -0.39 is 16.1 Å². The van der Waals surface area contributed by atoms with Crippen molar-refractivity contribution in [2.24, 2.45) is 5.92 Å². The molecule has 2 saturated heterocycles. The van der Waals surface area contributed by atoms with E-state index in [1.54, 1.807) is 18.2 Å². The number of nitrogens with one attached hydrogen (secondary N) is 1. The number of methoxy groups -OCH3 is 1. The van der Waals surface area contributed by atoms with Crippen LogP contribution in [-0.4, -0.2) is 68.3 Å². The molecule has 1 aromatic rings. The van der Waals surface area contributed by atoms with Crippen molar-refractivity contribution in [3.63, 3.8) is 0 Å². The fourth-order valence-corrected chi connectivity index (χ4v) is 7.20. The molecule has 1 N–H and O–H groups in total. The summed E-state index contributed by atoms with van der Waals surface area (Å²) in [5, 5.41) is 2.91. The second kappa shape index (κ2) is 10.1. The number of sulfonamides is 1. The van der Waals surface area contributed by atoms with E-state index in [-0.39, 0.29) is 29.4 Å². The van der Waals surface area contributed by atoms with Gasteiger partial charge >= 0.3 is 5.97 Å². The summed E-state index contributed by atoms with van der Waals surface area (Å²) in [5.41, 5.74) is 1.29. The lowest BCUT2D eigenvalue weighted by molar-refractivity contribution is -0.146. The minimum Gasteiger partial charge on any atom is -0.468 e. The van der Waals surface area contributed by atoms with E-state index in [4.69, 9.17) is 4.74 Å². The largest absolute Gasteiger partial charge is 0.468 e. The van der Waals surface area contributed by atoms with Gasteiger partial charge in [-0.15, -0.1) is 0 Å². The van der Waals surface area contributed by atoms with Gasteiger partial charge in [-0.3, -0.25) is 14.5 Å². The Morgan fingerprint density at radius 2 is 1.82 bits per heavy atom. The summed E-state index contributed by atoms with van der Waals surface area (Å²) < 4.78 is 32.7. The molecule has 8 nitrogen and oxygen atoms in total. The molecule has 3 unspecified atom stereocenters. The summed E-state index contributed by atoms with van der Waals surface area (Å²) in [6.07, 6.45) is 7.83. The van der Waals surface area contributed by atoms with Crippen molar-refractivity contribution in [1.29, 1.82) is 0 Å². The molecule has 1 saturated carbocycles. The van der Waals surface area contributed by atoms with Crippen molar-refractivity contribution in [2.75, 3.05) is 32.1 Å². The molecule has 1 aromatic carbocycles. The Morgan fingerprint density at radius 1 is 1.09 bits per heavy atom. The molecule has 1 amide bonds. The predicted octanol–water partition coefficient (Wildman–Crippen LogP) is 2.91. The van der Waals surface area contributed by atoms with E-state index in [9.17, 15) is 18.0 Å². The molecule has 2 heterocycles. The lowest BCUT2D eigenvalue weighted by atomic mass is 9.85. The first-order chi connectivity index (χ1) is 15.8. The molecule has 3 aliphatic rings. The van der Waals surface area contributed by atoms with Gasteiger partial charge in [-0.05, 0) is 62.6 Å². The number of hydrogen-bond donors (Lipinski definition) is 1. The van der Waals surface area contributed by atoms with Crippen LogP contribution in [0.4, 0.5) is 5.69 Å². The SMILES string of the molecule is COC(=O)C1CC2CCCCC2N1CC(=O)Nc1cc(S(=O)(=O)N2CCCCC2)ccc1C. The molecule has 0 spiro atoms. The first-order valence-electron chi connectivity index (χ1n) is 12.1. The third-order valence-electron chi connectivity index (χ3n) is 7.46. The van der Waals surface area contributed by atoms with Gasteiger partial charge in [0.15, 0.2) is 0 Å². The molecule has 1 aliphatic carbocycles. The highest BCUT2D eigenvalue weighted by atomic mass is 32.2. The van der Waals surface area contributed by atoms with E-state index >= 15 is 0 Å². The molecule has 2 aliphatic heterocycles. The monoisotopic (exact) mass is 477 g/mol. The van der Waals surface area contributed by atoms with Crippen LogP contribution in [0.1, 0.15) is 56.9 Å². The van der Waals surface area contributed by atoms with E-state index in [0.717, 1.165) is 56.9 Å². The van der Waals surface area contributed by atoms with Crippen molar-refractivity contribution in [3.05, 3.63) is 23.8 Å². The van der Waals surface area contributed by atoms with Gasteiger partial charge in [0.1, 0.15) is 6.04 Å². The van der Waals surface area contributed by atoms with Gasteiger partial charge in [0.2, 0.25) is 15.9 Å². The van der Waals surface area contributed by atoms with Gasteiger partial charge in [-0.2, -0.15) is 4.31 Å². The maximum absolute atomic E-state index is 13.1. The maximum Gasteiger partial charge on any atom is 0.323 e. The Hall–Kier alpha value is -1.97. The van der Waals surface area contributed by atoms with Gasteiger partial charge in [-0.25, -0.2) is 8.42 Å². The summed E-state index contributed by atoms with van der Waals surface area (Å²) in [6, 6.07) is 4.70. The van der Waals surface area contributed by atoms with Crippen molar-refractivity contribution in [1.82, 2.24) is 9.21 Å². The number of rotatable bonds is 6. The van der Waals surface area contributed by atoms with Crippen LogP contribution >= 0.6 is 0 Å². The van der Waals surface area contributed by atoms with E-state index in [1.165, 1.54) is 11.4 Å². The number of ether oxygens (including phenoxy) is 1. The smallest absolute Gasteiger partial charge is 0.323 e. The predicted molar refractivity (Wildman–Crippen MR) is 125 cm³/mol. The Kier molecular flexibility index (Phi) is 7.40. The third-order valence-corrected chi connectivity index (χ3v) is 9.35. The van der Waals surface area contributed by atoms with E-state index in [0.29, 0.717) is 24.7 Å². The number of fused-ring (bicyclic) bond motifs is 1. The summed E-state index contributed by atoms with van der Waals surface area (Å²) in [7, 11) is -2.20. The number of hydrogen-bond acceptors (Lipinski definition) is 6. The maximum atomic E-state index is 13.1. The quantitative estimate of drug-likeness (QED) is 0.633. The van der Waals surface area contributed by atoms with Crippen LogP contribution in [0.25, 0.3) is 0 Å². The van der Waals surface area contributed by atoms with Crippen LogP contribution in [0.2, 0.25) is 0 Å². The molecule has 0 radical (unpaired) electrons. The lowest BCUT2D eigenvalue weighted by Crippen LogP contribution is -2.46. The fraction of sp³-hybridized carbons (Fsp3) is 0.667. The van der Waals surface area contributed by atoms with Crippen LogP contribution in [0.15, 0.2) is 23.1 Å². The molecular weight excluding hydrogens is 442 g/mol. The fourth-order valence-electron chi connectivity index (χ4n) is 5.65. The third kappa shape index (κ3) is 5.10. The normalized spacial score (nSPS) is 26.5. The summed E-state index contributed by atoms with van der Waals surface area (Å²) in [6.45, 7) is 3.00.